The van der Waals surface area contributed by atoms with Gasteiger partial charge in [0.25, 0.3) is 0 Å². The number of hydrogen-bond acceptors (Lipinski definition) is 3. The van der Waals surface area contributed by atoms with Crippen LogP contribution in [0.2, 0.25) is 0 Å². The first kappa shape index (κ1) is 7.34. The molecule has 0 aliphatic carbocycles. The predicted octanol–water partition coefficient (Wildman–Crippen LogP) is 1.59. The zero-order chi connectivity index (χ0) is 7.56. The third kappa shape index (κ3) is 1.39. The maximum absolute atomic E-state index is 9.09. The highest BCUT2D eigenvalue weighted by molar-refractivity contribution is 9.10. The van der Waals surface area contributed by atoms with Crippen LogP contribution in [0.5, 0.6) is 5.75 Å². The molecule has 0 aliphatic heterocycles. The molecule has 0 bridgehead atoms. The second kappa shape index (κ2) is 2.88. The molecule has 0 atom stereocenters. The molecule has 1 aromatic heterocycles. The fraction of sp³-hybridized carbons (Fsp3) is 0.167. The molecule has 1 rings (SSSR count). The smallest absolute Gasteiger partial charge is 0.157 e. The molecule has 0 spiro atoms. The highest BCUT2D eigenvalue weighted by Crippen LogP contribution is 2.23. The first-order chi connectivity index (χ1) is 4.74. The Morgan fingerprint density at radius 1 is 1.70 bits per heavy atom. The second-order valence-electron chi connectivity index (χ2n) is 1.77. The van der Waals surface area contributed by atoms with E-state index in [0.29, 0.717) is 10.3 Å². The summed E-state index contributed by atoms with van der Waals surface area (Å²) in [5.74, 6) is 0.158. The van der Waals surface area contributed by atoms with Crippen molar-refractivity contribution in [3.8, 4) is 5.75 Å². The van der Waals surface area contributed by atoms with Crippen LogP contribution in [-0.2, 0) is 0 Å². The summed E-state index contributed by atoms with van der Waals surface area (Å²) in [4.78, 5) is 3.81. The normalized spacial score (nSPS) is 9.40. The summed E-state index contributed by atoms with van der Waals surface area (Å²) in [6.07, 6.45) is 1.38. The van der Waals surface area contributed by atoms with E-state index in [1.807, 2.05) is 0 Å². The van der Waals surface area contributed by atoms with Gasteiger partial charge in [0.05, 0.1) is 11.9 Å². The van der Waals surface area contributed by atoms with Gasteiger partial charge < -0.3 is 10.4 Å². The van der Waals surface area contributed by atoms with Gasteiger partial charge in [-0.25, -0.2) is 4.98 Å². The van der Waals surface area contributed by atoms with Crippen molar-refractivity contribution in [1.29, 1.82) is 0 Å². The van der Waals surface area contributed by atoms with Crippen LogP contribution in [0, 0.1) is 0 Å². The number of aromatic hydroxyl groups is 1. The van der Waals surface area contributed by atoms with Crippen LogP contribution in [0.3, 0.4) is 0 Å². The summed E-state index contributed by atoms with van der Waals surface area (Å²) in [5.41, 5.74) is 0.668. The molecule has 0 saturated carbocycles. The lowest BCUT2D eigenvalue weighted by molar-refractivity contribution is 0.474. The van der Waals surface area contributed by atoms with E-state index in [1.54, 1.807) is 13.1 Å². The Morgan fingerprint density at radius 3 is 2.90 bits per heavy atom. The van der Waals surface area contributed by atoms with Gasteiger partial charge in [-0.15, -0.1) is 0 Å². The number of nitrogens with zero attached hydrogens (tertiary/aromatic N) is 1. The number of rotatable bonds is 1. The molecular formula is C6H7BrN2O. The molecule has 0 fully saturated rings. The van der Waals surface area contributed by atoms with Crippen molar-refractivity contribution in [2.24, 2.45) is 0 Å². The van der Waals surface area contributed by atoms with Crippen molar-refractivity contribution >= 4 is 21.6 Å². The van der Waals surface area contributed by atoms with Crippen LogP contribution in [0.15, 0.2) is 16.9 Å². The lowest BCUT2D eigenvalue weighted by Crippen LogP contribution is -1.89. The molecule has 4 heteroatoms. The first-order valence-corrected chi connectivity index (χ1v) is 3.55. The Labute approximate surface area is 67.2 Å². The molecule has 0 radical (unpaired) electrons. The summed E-state index contributed by atoms with van der Waals surface area (Å²) in [7, 11) is 1.74. The molecule has 3 nitrogen and oxygen atoms in total. The van der Waals surface area contributed by atoms with E-state index in [2.05, 4.69) is 26.2 Å². The Morgan fingerprint density at radius 2 is 2.40 bits per heavy atom. The Kier molecular flexibility index (Phi) is 2.11. The summed E-state index contributed by atoms with van der Waals surface area (Å²) < 4.78 is 0.703. The number of nitrogens with one attached hydrogen (secondary N) is 1. The monoisotopic (exact) mass is 202 g/mol. The standard InChI is InChI=1S/C6H7BrN2O/c1-8-4-2-6(7)9-3-5(4)10/h2-3,10H,1H3,(H,8,9). The molecule has 10 heavy (non-hydrogen) atoms. The molecular weight excluding hydrogens is 196 g/mol. The number of pyridine rings is 1. The number of halogens is 1. The van der Waals surface area contributed by atoms with Crippen LogP contribution in [0.4, 0.5) is 5.69 Å². The maximum atomic E-state index is 9.09. The van der Waals surface area contributed by atoms with E-state index >= 15 is 0 Å². The molecule has 0 amide bonds. The van der Waals surface area contributed by atoms with Crippen molar-refractivity contribution in [3.05, 3.63) is 16.9 Å². The Hall–Kier alpha value is -0.770. The van der Waals surface area contributed by atoms with Gasteiger partial charge in [0, 0.05) is 7.05 Å². The van der Waals surface area contributed by atoms with Gasteiger partial charge in [-0.1, -0.05) is 0 Å². The Bertz CT molecular complexity index is 239. The summed E-state index contributed by atoms with van der Waals surface area (Å²) in [6.45, 7) is 0. The molecule has 0 aliphatic rings. The zero-order valence-electron chi connectivity index (χ0n) is 5.43. The molecule has 1 heterocycles. The topological polar surface area (TPSA) is 45.2 Å². The fourth-order valence-electron chi connectivity index (χ4n) is 0.623. The van der Waals surface area contributed by atoms with Crippen molar-refractivity contribution in [2.75, 3.05) is 12.4 Å². The highest BCUT2D eigenvalue weighted by atomic mass is 79.9. The van der Waals surface area contributed by atoms with E-state index in [4.69, 9.17) is 5.11 Å². The van der Waals surface area contributed by atoms with Gasteiger partial charge in [-0.2, -0.15) is 0 Å². The average molecular weight is 203 g/mol. The number of anilines is 1. The average Bonchev–Trinajstić information content (AvgIpc) is 1.94. The Balaban J connectivity index is 3.09. The van der Waals surface area contributed by atoms with Crippen LogP contribution >= 0.6 is 15.9 Å². The second-order valence-corrected chi connectivity index (χ2v) is 2.59. The first-order valence-electron chi connectivity index (χ1n) is 2.76. The molecule has 1 aromatic rings. The van der Waals surface area contributed by atoms with Crippen LogP contribution < -0.4 is 5.32 Å². The van der Waals surface area contributed by atoms with Crippen LogP contribution in [0.1, 0.15) is 0 Å². The van der Waals surface area contributed by atoms with Gasteiger partial charge in [-0.3, -0.25) is 0 Å². The van der Waals surface area contributed by atoms with Crippen LogP contribution in [0.25, 0.3) is 0 Å². The number of aromatic nitrogens is 1. The zero-order valence-corrected chi connectivity index (χ0v) is 7.01. The fourth-order valence-corrected chi connectivity index (χ4v) is 0.954. The van der Waals surface area contributed by atoms with Gasteiger partial charge >= 0.3 is 0 Å². The maximum Gasteiger partial charge on any atom is 0.157 e. The summed E-state index contributed by atoms with van der Waals surface area (Å²) in [5, 5.41) is 11.9. The van der Waals surface area contributed by atoms with Crippen LogP contribution in [-0.4, -0.2) is 17.1 Å². The summed E-state index contributed by atoms with van der Waals surface area (Å²) in [6, 6.07) is 1.70. The third-order valence-corrected chi connectivity index (χ3v) is 1.55. The van der Waals surface area contributed by atoms with Crippen molar-refractivity contribution < 1.29 is 5.11 Å². The van der Waals surface area contributed by atoms with E-state index in [9.17, 15) is 0 Å². The minimum Gasteiger partial charge on any atom is -0.504 e. The van der Waals surface area contributed by atoms with Gasteiger partial charge in [-0.05, 0) is 22.0 Å². The van der Waals surface area contributed by atoms with E-state index in [-0.39, 0.29) is 5.75 Å². The highest BCUT2D eigenvalue weighted by Gasteiger charge is 1.98. The third-order valence-electron chi connectivity index (χ3n) is 1.12. The van der Waals surface area contributed by atoms with E-state index in [1.165, 1.54) is 6.20 Å². The lowest BCUT2D eigenvalue weighted by atomic mass is 10.4. The van der Waals surface area contributed by atoms with Crippen molar-refractivity contribution in [1.82, 2.24) is 4.98 Å². The SMILES string of the molecule is CNc1cc(Br)ncc1O. The summed E-state index contributed by atoms with van der Waals surface area (Å²) >= 11 is 3.17. The number of hydrogen-bond donors (Lipinski definition) is 2. The molecule has 0 aromatic carbocycles. The lowest BCUT2D eigenvalue weighted by Gasteiger charge is -2.01. The molecule has 0 saturated heterocycles. The van der Waals surface area contributed by atoms with Gasteiger partial charge in [0.1, 0.15) is 4.60 Å². The minimum atomic E-state index is 0.158. The molecule has 2 N–H and O–H groups in total. The van der Waals surface area contributed by atoms with Gasteiger partial charge in [0.2, 0.25) is 0 Å². The largest absolute Gasteiger partial charge is 0.504 e. The van der Waals surface area contributed by atoms with E-state index in [0.717, 1.165) is 0 Å². The quantitative estimate of drug-likeness (QED) is 0.681. The minimum absolute atomic E-state index is 0.158. The van der Waals surface area contributed by atoms with Crippen molar-refractivity contribution in [2.45, 2.75) is 0 Å². The predicted molar refractivity (Wildman–Crippen MR) is 43.1 cm³/mol. The van der Waals surface area contributed by atoms with Gasteiger partial charge in [0.15, 0.2) is 5.75 Å². The van der Waals surface area contributed by atoms with Crippen molar-refractivity contribution in [3.63, 3.8) is 0 Å². The molecule has 54 valence electrons. The van der Waals surface area contributed by atoms with E-state index < -0.39 is 0 Å². The molecule has 0 unspecified atom stereocenters.